The molecule has 1 aromatic heterocycles. The molecule has 0 atom stereocenters. The fourth-order valence-electron chi connectivity index (χ4n) is 1.44. The van der Waals surface area contributed by atoms with E-state index >= 15 is 0 Å². The Hall–Kier alpha value is -2.14. The van der Waals surface area contributed by atoms with Crippen LogP contribution in [0.3, 0.4) is 0 Å². The molecule has 2 rings (SSSR count). The van der Waals surface area contributed by atoms with Gasteiger partial charge < -0.3 is 15.6 Å². The van der Waals surface area contributed by atoms with Crippen molar-refractivity contribution in [3.63, 3.8) is 0 Å². The van der Waals surface area contributed by atoms with Gasteiger partial charge in [0, 0.05) is 18.3 Å². The molecule has 88 valence electrons. The minimum atomic E-state index is -0.320. The van der Waals surface area contributed by atoms with Crippen molar-refractivity contribution in [2.75, 3.05) is 5.32 Å². The van der Waals surface area contributed by atoms with Gasteiger partial charge in [-0.15, -0.1) is 0 Å². The third-order valence-electron chi connectivity index (χ3n) is 2.27. The molecule has 0 radical (unpaired) electrons. The van der Waals surface area contributed by atoms with Crippen molar-refractivity contribution in [1.82, 2.24) is 5.16 Å². The summed E-state index contributed by atoms with van der Waals surface area (Å²) in [5, 5.41) is 6.38. The minimum Gasteiger partial charge on any atom is -0.351 e. The van der Waals surface area contributed by atoms with Crippen molar-refractivity contribution in [2.24, 2.45) is 5.73 Å². The van der Waals surface area contributed by atoms with Crippen molar-refractivity contribution in [3.05, 3.63) is 47.3 Å². The van der Waals surface area contributed by atoms with Crippen molar-refractivity contribution < 1.29 is 9.32 Å². The first-order valence-corrected chi connectivity index (χ1v) is 5.22. The molecule has 3 N–H and O–H groups in total. The fraction of sp³-hybridized carbons (Fsp3) is 0.167. The van der Waals surface area contributed by atoms with Gasteiger partial charge in [-0.1, -0.05) is 17.3 Å². The van der Waals surface area contributed by atoms with Gasteiger partial charge in [0.25, 0.3) is 5.91 Å². The summed E-state index contributed by atoms with van der Waals surface area (Å²) in [7, 11) is 0. The van der Waals surface area contributed by atoms with Gasteiger partial charge in [-0.05, 0) is 24.6 Å². The Morgan fingerprint density at radius 1 is 1.47 bits per heavy atom. The van der Waals surface area contributed by atoms with Crippen molar-refractivity contribution in [2.45, 2.75) is 13.5 Å². The van der Waals surface area contributed by atoms with Crippen LogP contribution in [0.25, 0.3) is 0 Å². The highest BCUT2D eigenvalue weighted by atomic mass is 16.5. The van der Waals surface area contributed by atoms with E-state index in [-0.39, 0.29) is 11.7 Å². The van der Waals surface area contributed by atoms with Gasteiger partial charge in [0.05, 0.1) is 5.69 Å². The molecule has 0 fully saturated rings. The van der Waals surface area contributed by atoms with E-state index in [0.29, 0.717) is 17.9 Å². The number of aryl methyl sites for hydroxylation is 1. The largest absolute Gasteiger partial charge is 0.351 e. The summed E-state index contributed by atoms with van der Waals surface area (Å²) >= 11 is 0. The lowest BCUT2D eigenvalue weighted by Crippen LogP contribution is -2.11. The van der Waals surface area contributed by atoms with Gasteiger partial charge in [-0.3, -0.25) is 4.79 Å². The zero-order valence-electron chi connectivity index (χ0n) is 9.43. The second-order valence-electron chi connectivity index (χ2n) is 3.69. The quantitative estimate of drug-likeness (QED) is 0.842. The second kappa shape index (κ2) is 4.80. The third-order valence-corrected chi connectivity index (χ3v) is 2.27. The average molecular weight is 231 g/mol. The molecule has 0 aliphatic rings. The molecule has 1 heterocycles. The number of amides is 1. The Morgan fingerprint density at radius 3 is 2.94 bits per heavy atom. The monoisotopic (exact) mass is 231 g/mol. The molecule has 2 aromatic rings. The number of hydrogen-bond donors (Lipinski definition) is 2. The van der Waals surface area contributed by atoms with Crippen LogP contribution in [0.5, 0.6) is 0 Å². The molecule has 0 aliphatic heterocycles. The Bertz CT molecular complexity index is 534. The lowest BCUT2D eigenvalue weighted by molar-refractivity contribution is 0.0988. The van der Waals surface area contributed by atoms with E-state index in [1.165, 1.54) is 0 Å². The lowest BCUT2D eigenvalue weighted by Gasteiger charge is -2.04. The Balaban J connectivity index is 2.12. The topological polar surface area (TPSA) is 81.2 Å². The van der Waals surface area contributed by atoms with Crippen LogP contribution in [-0.2, 0) is 6.54 Å². The van der Waals surface area contributed by atoms with Crippen molar-refractivity contribution in [3.8, 4) is 0 Å². The van der Waals surface area contributed by atoms with Gasteiger partial charge in [-0.25, -0.2) is 0 Å². The molecular formula is C12H13N3O2. The lowest BCUT2D eigenvalue weighted by atomic mass is 10.2. The van der Waals surface area contributed by atoms with Crippen LogP contribution in [-0.4, -0.2) is 11.1 Å². The van der Waals surface area contributed by atoms with Crippen LogP contribution in [0, 0.1) is 6.92 Å². The molecule has 5 heteroatoms. The molecule has 0 saturated carbocycles. The summed E-state index contributed by atoms with van der Waals surface area (Å²) in [6, 6.07) is 8.93. The first-order chi connectivity index (χ1) is 8.19. The zero-order valence-corrected chi connectivity index (χ0v) is 9.43. The van der Waals surface area contributed by atoms with E-state index < -0.39 is 0 Å². The molecule has 0 saturated heterocycles. The highest BCUT2D eigenvalue weighted by Gasteiger charge is 2.11. The van der Waals surface area contributed by atoms with E-state index in [9.17, 15) is 4.79 Å². The maximum Gasteiger partial charge on any atom is 0.294 e. The second-order valence-corrected chi connectivity index (χ2v) is 3.69. The summed E-state index contributed by atoms with van der Waals surface area (Å²) in [4.78, 5) is 11.8. The van der Waals surface area contributed by atoms with Gasteiger partial charge in [-0.2, -0.15) is 0 Å². The number of rotatable bonds is 3. The molecule has 1 amide bonds. The third kappa shape index (κ3) is 2.70. The van der Waals surface area contributed by atoms with Crippen LogP contribution in [0.4, 0.5) is 5.69 Å². The maximum absolute atomic E-state index is 11.8. The number of carbonyl (C=O) groups excluding carboxylic acids is 1. The Labute approximate surface area is 98.6 Å². The fourth-order valence-corrected chi connectivity index (χ4v) is 1.44. The van der Waals surface area contributed by atoms with Gasteiger partial charge in [0.1, 0.15) is 0 Å². The highest BCUT2D eigenvalue weighted by Crippen LogP contribution is 2.12. The molecule has 0 bridgehead atoms. The van der Waals surface area contributed by atoms with E-state index in [4.69, 9.17) is 10.3 Å². The van der Waals surface area contributed by atoms with Crippen LogP contribution in [0.1, 0.15) is 21.8 Å². The maximum atomic E-state index is 11.8. The summed E-state index contributed by atoms with van der Waals surface area (Å²) in [6.07, 6.45) is 0. The van der Waals surface area contributed by atoms with Crippen LogP contribution < -0.4 is 11.1 Å². The highest BCUT2D eigenvalue weighted by molar-refractivity contribution is 6.02. The van der Waals surface area contributed by atoms with E-state index in [1.807, 2.05) is 18.2 Å². The Morgan fingerprint density at radius 2 is 2.29 bits per heavy atom. The number of hydrogen-bond acceptors (Lipinski definition) is 4. The van der Waals surface area contributed by atoms with Crippen LogP contribution >= 0.6 is 0 Å². The zero-order chi connectivity index (χ0) is 12.3. The smallest absolute Gasteiger partial charge is 0.294 e. The molecule has 17 heavy (non-hydrogen) atoms. The Kier molecular flexibility index (Phi) is 3.20. The molecule has 5 nitrogen and oxygen atoms in total. The number of carbonyl (C=O) groups is 1. The van der Waals surface area contributed by atoms with Gasteiger partial charge in [0.2, 0.25) is 5.76 Å². The predicted octanol–water partition coefficient (Wildman–Crippen LogP) is 1.69. The van der Waals surface area contributed by atoms with E-state index in [0.717, 1.165) is 5.56 Å². The SMILES string of the molecule is Cc1cc(C(=O)Nc2cccc(CN)c2)on1. The normalized spacial score (nSPS) is 10.2. The minimum absolute atomic E-state index is 0.195. The standard InChI is InChI=1S/C12H13N3O2/c1-8-5-11(17-15-8)12(16)14-10-4-2-3-9(6-10)7-13/h2-6H,7,13H2,1H3,(H,14,16). The molecular weight excluding hydrogens is 218 g/mol. The van der Waals surface area contributed by atoms with Crippen molar-refractivity contribution in [1.29, 1.82) is 0 Å². The molecule has 0 unspecified atom stereocenters. The predicted molar refractivity (Wildman–Crippen MR) is 63.5 cm³/mol. The summed E-state index contributed by atoms with van der Waals surface area (Å²) in [6.45, 7) is 2.19. The average Bonchev–Trinajstić information content (AvgIpc) is 2.76. The van der Waals surface area contributed by atoms with E-state index in [2.05, 4.69) is 10.5 Å². The molecule has 0 spiro atoms. The van der Waals surface area contributed by atoms with Gasteiger partial charge in [0.15, 0.2) is 0 Å². The van der Waals surface area contributed by atoms with E-state index in [1.54, 1.807) is 19.1 Å². The van der Waals surface area contributed by atoms with Gasteiger partial charge >= 0.3 is 0 Å². The number of nitrogens with one attached hydrogen (secondary N) is 1. The number of nitrogens with two attached hydrogens (primary N) is 1. The van der Waals surface area contributed by atoms with Crippen molar-refractivity contribution >= 4 is 11.6 Å². The number of nitrogens with zero attached hydrogens (tertiary/aromatic N) is 1. The molecule has 1 aromatic carbocycles. The first kappa shape index (κ1) is 11.3. The number of aromatic nitrogens is 1. The summed E-state index contributed by atoms with van der Waals surface area (Å²) < 4.78 is 4.87. The number of anilines is 1. The van der Waals surface area contributed by atoms with Crippen LogP contribution in [0.2, 0.25) is 0 Å². The van der Waals surface area contributed by atoms with Crippen LogP contribution in [0.15, 0.2) is 34.9 Å². The molecule has 0 aliphatic carbocycles. The number of benzene rings is 1. The summed E-state index contributed by atoms with van der Waals surface area (Å²) in [5.41, 5.74) is 7.84. The first-order valence-electron chi connectivity index (χ1n) is 5.22. The summed E-state index contributed by atoms with van der Waals surface area (Å²) in [5.74, 6) is -0.125.